The summed E-state index contributed by atoms with van der Waals surface area (Å²) in [6.45, 7) is 9.28. The topological polar surface area (TPSA) is 54.5 Å². The van der Waals surface area contributed by atoms with Gasteiger partial charge in [0.15, 0.2) is 5.65 Å². The van der Waals surface area contributed by atoms with Crippen LogP contribution in [0.1, 0.15) is 5.69 Å². The number of benzene rings is 2. The smallest absolute Gasteiger partial charge is 0.296 e. The Balaban J connectivity index is 2.09. The van der Waals surface area contributed by atoms with Crippen LogP contribution in [0.3, 0.4) is 0 Å². The summed E-state index contributed by atoms with van der Waals surface area (Å²) in [5, 5.41) is 2.91. The number of hydrogen-bond donors (Lipinski definition) is 1. The molecule has 4 aromatic rings. The summed E-state index contributed by atoms with van der Waals surface area (Å²) >= 11 is 0. The maximum atomic E-state index is 13.1. The molecule has 0 saturated carbocycles. The van der Waals surface area contributed by atoms with E-state index < -0.39 is 0 Å². The molecule has 25 heavy (non-hydrogen) atoms. The van der Waals surface area contributed by atoms with E-state index in [2.05, 4.69) is 14.9 Å². The lowest BCUT2D eigenvalue weighted by molar-refractivity contribution is 0.900. The SMILES string of the molecule is [C-]#[N+]c1[nH]n2c(=O)c(-c3ccccc3)c(C)nc2c1-c1ccccc1. The van der Waals surface area contributed by atoms with Crippen LogP contribution in [0.4, 0.5) is 5.82 Å². The molecule has 2 aromatic heterocycles. The van der Waals surface area contributed by atoms with E-state index in [0.717, 1.165) is 11.1 Å². The van der Waals surface area contributed by atoms with Crippen LogP contribution in [0.25, 0.3) is 32.7 Å². The molecule has 0 spiro atoms. The average Bonchev–Trinajstić information content (AvgIpc) is 3.02. The summed E-state index contributed by atoms with van der Waals surface area (Å²) in [5.41, 5.74) is 3.76. The van der Waals surface area contributed by atoms with E-state index in [0.29, 0.717) is 28.3 Å². The third kappa shape index (κ3) is 2.32. The van der Waals surface area contributed by atoms with E-state index in [1.165, 1.54) is 4.52 Å². The van der Waals surface area contributed by atoms with E-state index in [1.54, 1.807) is 0 Å². The van der Waals surface area contributed by atoms with E-state index in [1.807, 2.05) is 67.6 Å². The first-order chi connectivity index (χ1) is 12.2. The van der Waals surface area contributed by atoms with Crippen LogP contribution in [0.2, 0.25) is 0 Å². The molecule has 0 aliphatic rings. The Morgan fingerprint density at radius 3 is 2.08 bits per heavy atom. The first-order valence-corrected chi connectivity index (χ1v) is 7.84. The molecule has 0 aliphatic carbocycles. The van der Waals surface area contributed by atoms with Gasteiger partial charge in [0.2, 0.25) is 0 Å². The minimum atomic E-state index is -0.208. The lowest BCUT2D eigenvalue weighted by Gasteiger charge is -2.05. The zero-order valence-corrected chi connectivity index (χ0v) is 13.5. The Morgan fingerprint density at radius 2 is 1.52 bits per heavy atom. The number of aromatic amines is 1. The van der Waals surface area contributed by atoms with Crippen molar-refractivity contribution in [1.82, 2.24) is 14.6 Å². The number of nitrogens with one attached hydrogen (secondary N) is 1. The van der Waals surface area contributed by atoms with Gasteiger partial charge in [-0.15, -0.1) is 4.52 Å². The van der Waals surface area contributed by atoms with Crippen molar-refractivity contribution in [3.05, 3.63) is 88.1 Å². The third-order valence-electron chi connectivity index (χ3n) is 4.18. The lowest BCUT2D eigenvalue weighted by atomic mass is 10.1. The van der Waals surface area contributed by atoms with Crippen molar-refractivity contribution in [3.8, 4) is 22.3 Å². The second-order valence-electron chi connectivity index (χ2n) is 5.72. The Labute approximate surface area is 144 Å². The maximum Gasteiger partial charge on any atom is 0.296 e. The Hall–Kier alpha value is -3.65. The van der Waals surface area contributed by atoms with Crippen molar-refractivity contribution in [1.29, 1.82) is 0 Å². The number of fused-ring (bicyclic) bond motifs is 1. The molecule has 0 amide bonds. The summed E-state index contributed by atoms with van der Waals surface area (Å²) in [4.78, 5) is 21.2. The zero-order valence-electron chi connectivity index (χ0n) is 13.5. The first-order valence-electron chi connectivity index (χ1n) is 7.84. The van der Waals surface area contributed by atoms with Crippen LogP contribution in [0, 0.1) is 13.5 Å². The molecular formula is C20H14N4O. The summed E-state index contributed by atoms with van der Waals surface area (Å²) in [6.07, 6.45) is 0. The summed E-state index contributed by atoms with van der Waals surface area (Å²) in [5.74, 6) is 0.306. The van der Waals surface area contributed by atoms with E-state index in [9.17, 15) is 4.79 Å². The summed E-state index contributed by atoms with van der Waals surface area (Å²) < 4.78 is 1.37. The van der Waals surface area contributed by atoms with Crippen LogP contribution in [-0.4, -0.2) is 14.6 Å². The predicted octanol–water partition coefficient (Wildman–Crippen LogP) is 4.22. The second kappa shape index (κ2) is 5.77. The molecule has 2 aromatic carbocycles. The normalized spacial score (nSPS) is 10.7. The Kier molecular flexibility index (Phi) is 3.44. The summed E-state index contributed by atoms with van der Waals surface area (Å²) in [6, 6.07) is 19.0. The minimum absolute atomic E-state index is 0.208. The van der Waals surface area contributed by atoms with Gasteiger partial charge in [0.05, 0.1) is 16.8 Å². The van der Waals surface area contributed by atoms with Crippen LogP contribution in [0.15, 0.2) is 65.5 Å². The van der Waals surface area contributed by atoms with Gasteiger partial charge < -0.3 is 4.85 Å². The minimum Gasteiger partial charge on any atom is -0.362 e. The highest BCUT2D eigenvalue weighted by Crippen LogP contribution is 2.33. The fourth-order valence-corrected chi connectivity index (χ4v) is 3.06. The molecule has 120 valence electrons. The highest BCUT2D eigenvalue weighted by atomic mass is 16.1. The van der Waals surface area contributed by atoms with Gasteiger partial charge in [0, 0.05) is 0 Å². The highest BCUT2D eigenvalue weighted by Gasteiger charge is 2.20. The molecule has 0 unspecified atom stereocenters. The number of nitrogens with zero attached hydrogens (tertiary/aromatic N) is 3. The number of aromatic nitrogens is 3. The Bertz CT molecular complexity index is 1170. The molecule has 5 nitrogen and oxygen atoms in total. The van der Waals surface area contributed by atoms with Gasteiger partial charge in [-0.25, -0.2) is 10.1 Å². The second-order valence-corrected chi connectivity index (χ2v) is 5.72. The number of rotatable bonds is 2. The van der Waals surface area contributed by atoms with Gasteiger partial charge >= 0.3 is 0 Å². The number of aryl methyl sites for hydroxylation is 1. The Morgan fingerprint density at radius 1 is 0.960 bits per heavy atom. The zero-order chi connectivity index (χ0) is 17.4. The van der Waals surface area contributed by atoms with E-state index >= 15 is 0 Å². The fraction of sp³-hybridized carbons (Fsp3) is 0.0500. The van der Waals surface area contributed by atoms with Crippen LogP contribution < -0.4 is 5.56 Å². The fourth-order valence-electron chi connectivity index (χ4n) is 3.06. The third-order valence-corrected chi connectivity index (χ3v) is 4.18. The highest BCUT2D eigenvalue weighted by molar-refractivity contribution is 5.88. The van der Waals surface area contributed by atoms with Gasteiger partial charge in [-0.3, -0.25) is 4.79 Å². The van der Waals surface area contributed by atoms with Gasteiger partial charge in [0.1, 0.15) is 0 Å². The lowest BCUT2D eigenvalue weighted by Crippen LogP contribution is -2.19. The number of hydrogen-bond acceptors (Lipinski definition) is 2. The van der Waals surface area contributed by atoms with E-state index in [4.69, 9.17) is 6.57 Å². The van der Waals surface area contributed by atoms with Crippen molar-refractivity contribution in [3.63, 3.8) is 0 Å². The predicted molar refractivity (Wildman–Crippen MR) is 97.7 cm³/mol. The van der Waals surface area contributed by atoms with Crippen molar-refractivity contribution in [2.24, 2.45) is 0 Å². The van der Waals surface area contributed by atoms with Crippen molar-refractivity contribution in [2.75, 3.05) is 0 Å². The summed E-state index contributed by atoms with van der Waals surface area (Å²) in [7, 11) is 0. The molecule has 1 N–H and O–H groups in total. The van der Waals surface area contributed by atoms with Gasteiger partial charge in [-0.05, 0) is 18.1 Å². The van der Waals surface area contributed by atoms with Crippen molar-refractivity contribution >= 4 is 11.5 Å². The molecule has 5 heteroatoms. The standard InChI is InChI=1S/C20H14N4O/c1-13-16(14-9-5-3-6-10-14)20(25)24-19(22-13)17(18(21-2)23-24)15-11-7-4-8-12-15/h3-12,23H,1H3. The molecule has 0 aliphatic heterocycles. The molecule has 0 atom stereocenters. The molecular weight excluding hydrogens is 312 g/mol. The average molecular weight is 326 g/mol. The molecule has 0 bridgehead atoms. The van der Waals surface area contributed by atoms with E-state index in [-0.39, 0.29) is 5.56 Å². The van der Waals surface area contributed by atoms with Crippen molar-refractivity contribution < 1.29 is 0 Å². The molecule has 0 saturated heterocycles. The molecule has 4 rings (SSSR count). The maximum absolute atomic E-state index is 13.1. The largest absolute Gasteiger partial charge is 0.362 e. The van der Waals surface area contributed by atoms with Gasteiger partial charge in [-0.2, -0.15) is 0 Å². The number of H-pyrrole nitrogens is 1. The van der Waals surface area contributed by atoms with Gasteiger partial charge in [-0.1, -0.05) is 67.2 Å². The monoisotopic (exact) mass is 326 g/mol. The van der Waals surface area contributed by atoms with Crippen LogP contribution >= 0.6 is 0 Å². The quantitative estimate of drug-likeness (QED) is 0.561. The first kappa shape index (κ1) is 14.9. The van der Waals surface area contributed by atoms with Crippen molar-refractivity contribution in [2.45, 2.75) is 6.92 Å². The van der Waals surface area contributed by atoms with Crippen LogP contribution in [0.5, 0.6) is 0 Å². The molecule has 0 fully saturated rings. The van der Waals surface area contributed by atoms with Gasteiger partial charge in [0.25, 0.3) is 11.4 Å². The molecule has 2 heterocycles. The molecule has 0 radical (unpaired) electrons. The van der Waals surface area contributed by atoms with Crippen LogP contribution in [-0.2, 0) is 0 Å².